The van der Waals surface area contributed by atoms with E-state index in [1.807, 2.05) is 30.3 Å². The lowest BCUT2D eigenvalue weighted by molar-refractivity contribution is -0.125. The van der Waals surface area contributed by atoms with Gasteiger partial charge in [0.1, 0.15) is 11.0 Å². The largest absolute Gasteiger partial charge is 0.391 e. The quantitative estimate of drug-likeness (QED) is 0.662. The van der Waals surface area contributed by atoms with Crippen LogP contribution in [0.15, 0.2) is 30.3 Å². The molecule has 1 aromatic carbocycles. The fourth-order valence-corrected chi connectivity index (χ4v) is 2.96. The Bertz CT molecular complexity index is 453. The lowest BCUT2D eigenvalue weighted by Crippen LogP contribution is -2.39. The zero-order valence-electron chi connectivity index (χ0n) is 11.7. The smallest absolute Gasteiger partial charge is 0.223 e. The van der Waals surface area contributed by atoms with Crippen LogP contribution in [0.4, 0.5) is 0 Å². The first-order valence-electron chi connectivity index (χ1n) is 7.33. The Morgan fingerprint density at radius 3 is 2.30 bits per heavy atom. The van der Waals surface area contributed by atoms with Gasteiger partial charge in [-0.3, -0.25) is 4.79 Å². The second-order valence-electron chi connectivity index (χ2n) is 5.44. The summed E-state index contributed by atoms with van der Waals surface area (Å²) < 4.78 is 0. The van der Waals surface area contributed by atoms with Crippen molar-refractivity contribution in [2.45, 2.75) is 44.6 Å². The predicted octanol–water partition coefficient (Wildman–Crippen LogP) is 3.10. The van der Waals surface area contributed by atoms with Crippen LogP contribution in [0.1, 0.15) is 50.1 Å². The molecule has 0 radical (unpaired) electrons. The van der Waals surface area contributed by atoms with E-state index < -0.39 is 0 Å². The first-order valence-corrected chi connectivity index (χ1v) is 7.74. The zero-order valence-corrected chi connectivity index (χ0v) is 12.5. The Kier molecular flexibility index (Phi) is 5.53. The van der Waals surface area contributed by atoms with Crippen LogP contribution in [0.25, 0.3) is 0 Å². The van der Waals surface area contributed by atoms with Crippen LogP contribution in [-0.4, -0.2) is 10.9 Å². The van der Waals surface area contributed by atoms with Gasteiger partial charge < -0.3 is 11.1 Å². The van der Waals surface area contributed by atoms with Gasteiger partial charge in [0.15, 0.2) is 0 Å². The molecule has 0 aliphatic heterocycles. The normalized spacial score (nSPS) is 18.0. The first-order chi connectivity index (χ1) is 9.68. The monoisotopic (exact) mass is 290 g/mol. The van der Waals surface area contributed by atoms with Crippen molar-refractivity contribution in [1.29, 1.82) is 0 Å². The van der Waals surface area contributed by atoms with E-state index in [0.717, 1.165) is 31.2 Å². The van der Waals surface area contributed by atoms with Crippen molar-refractivity contribution in [1.82, 2.24) is 5.32 Å². The number of benzene rings is 1. The molecule has 1 saturated carbocycles. The molecule has 1 fully saturated rings. The van der Waals surface area contributed by atoms with Crippen LogP contribution < -0.4 is 11.1 Å². The van der Waals surface area contributed by atoms with E-state index >= 15 is 0 Å². The summed E-state index contributed by atoms with van der Waals surface area (Å²) >= 11 is 5.11. The lowest BCUT2D eigenvalue weighted by Gasteiger charge is -2.21. The number of carbonyl (C=O) groups excluding carboxylic acids is 1. The molecule has 3 N–H and O–H groups in total. The van der Waals surface area contributed by atoms with E-state index in [2.05, 4.69) is 5.32 Å². The van der Waals surface area contributed by atoms with E-state index in [-0.39, 0.29) is 17.9 Å². The molecule has 1 aliphatic carbocycles. The Labute approximate surface area is 125 Å². The third-order valence-electron chi connectivity index (χ3n) is 3.93. The summed E-state index contributed by atoms with van der Waals surface area (Å²) in [5, 5.41) is 3.03. The molecule has 0 saturated heterocycles. The maximum atomic E-state index is 12.4. The van der Waals surface area contributed by atoms with Crippen LogP contribution in [0.2, 0.25) is 0 Å². The average molecular weight is 290 g/mol. The van der Waals surface area contributed by atoms with Gasteiger partial charge in [-0.15, -0.1) is 0 Å². The van der Waals surface area contributed by atoms with Crippen molar-refractivity contribution in [3.8, 4) is 0 Å². The Balaban J connectivity index is 2.04. The van der Waals surface area contributed by atoms with Crippen LogP contribution in [0.5, 0.6) is 0 Å². The topological polar surface area (TPSA) is 55.1 Å². The van der Waals surface area contributed by atoms with Gasteiger partial charge in [0.2, 0.25) is 5.91 Å². The standard InChI is InChI=1S/C16H22N2OS/c17-15(20)14(12-8-6-3-7-9-12)18-16(19)13-10-4-1-2-5-11-13/h3,6-9,13-14H,1-2,4-5,10-11H2,(H2,17,20)(H,18,19). The Morgan fingerprint density at radius 1 is 1.15 bits per heavy atom. The summed E-state index contributed by atoms with van der Waals surface area (Å²) in [6, 6.07) is 9.32. The molecule has 108 valence electrons. The highest BCUT2D eigenvalue weighted by Crippen LogP contribution is 2.24. The van der Waals surface area contributed by atoms with Gasteiger partial charge in [-0.2, -0.15) is 0 Å². The molecule has 0 heterocycles. The number of nitrogens with two attached hydrogens (primary N) is 1. The van der Waals surface area contributed by atoms with Crippen molar-refractivity contribution >= 4 is 23.1 Å². The number of thiocarbonyl (C=S) groups is 1. The van der Waals surface area contributed by atoms with Crippen LogP contribution in [-0.2, 0) is 4.79 Å². The van der Waals surface area contributed by atoms with Gasteiger partial charge in [-0.05, 0) is 18.4 Å². The minimum absolute atomic E-state index is 0.0913. The van der Waals surface area contributed by atoms with Gasteiger partial charge in [0, 0.05) is 5.92 Å². The SMILES string of the molecule is NC(=S)C(NC(=O)C1CCCCCC1)c1ccccc1. The highest BCUT2D eigenvalue weighted by Gasteiger charge is 2.24. The highest BCUT2D eigenvalue weighted by atomic mass is 32.1. The third-order valence-corrected chi connectivity index (χ3v) is 4.17. The second-order valence-corrected chi connectivity index (χ2v) is 5.91. The number of hydrogen-bond acceptors (Lipinski definition) is 2. The summed E-state index contributed by atoms with van der Waals surface area (Å²) in [4.78, 5) is 12.7. The molecule has 0 aromatic heterocycles. The summed E-state index contributed by atoms with van der Waals surface area (Å²) in [5.41, 5.74) is 6.74. The molecule has 1 atom stereocenters. The number of carbonyl (C=O) groups is 1. The zero-order chi connectivity index (χ0) is 14.4. The van der Waals surface area contributed by atoms with E-state index in [0.29, 0.717) is 4.99 Å². The summed E-state index contributed by atoms with van der Waals surface area (Å²) in [6.07, 6.45) is 6.71. The minimum Gasteiger partial charge on any atom is -0.391 e. The van der Waals surface area contributed by atoms with Gasteiger partial charge in [0.05, 0.1) is 0 Å². The lowest BCUT2D eigenvalue weighted by atomic mass is 9.98. The van der Waals surface area contributed by atoms with Gasteiger partial charge in [0.25, 0.3) is 0 Å². The Hall–Kier alpha value is -1.42. The Morgan fingerprint density at radius 2 is 1.75 bits per heavy atom. The molecule has 20 heavy (non-hydrogen) atoms. The molecule has 0 spiro atoms. The first kappa shape index (κ1) is 15.0. The third kappa shape index (κ3) is 4.04. The molecule has 4 heteroatoms. The van der Waals surface area contributed by atoms with E-state index in [1.165, 1.54) is 12.8 Å². The molecular weight excluding hydrogens is 268 g/mol. The fourth-order valence-electron chi connectivity index (χ4n) is 2.77. The summed E-state index contributed by atoms with van der Waals surface area (Å²) in [6.45, 7) is 0. The average Bonchev–Trinajstić information content (AvgIpc) is 2.74. The molecule has 1 aliphatic rings. The maximum absolute atomic E-state index is 12.4. The molecular formula is C16H22N2OS. The van der Waals surface area contributed by atoms with Crippen molar-refractivity contribution in [3.05, 3.63) is 35.9 Å². The molecule has 0 bridgehead atoms. The van der Waals surface area contributed by atoms with Gasteiger partial charge in [-0.1, -0.05) is 68.2 Å². The van der Waals surface area contributed by atoms with Crippen molar-refractivity contribution in [3.63, 3.8) is 0 Å². The van der Waals surface area contributed by atoms with Crippen LogP contribution in [0.3, 0.4) is 0 Å². The number of nitrogens with one attached hydrogen (secondary N) is 1. The van der Waals surface area contributed by atoms with Crippen LogP contribution in [0, 0.1) is 5.92 Å². The van der Waals surface area contributed by atoms with E-state index in [9.17, 15) is 4.79 Å². The van der Waals surface area contributed by atoms with Crippen molar-refractivity contribution in [2.24, 2.45) is 11.7 Å². The van der Waals surface area contributed by atoms with E-state index in [1.54, 1.807) is 0 Å². The highest BCUT2D eigenvalue weighted by molar-refractivity contribution is 7.80. The number of rotatable bonds is 4. The van der Waals surface area contributed by atoms with Crippen molar-refractivity contribution in [2.75, 3.05) is 0 Å². The molecule has 1 aromatic rings. The summed E-state index contributed by atoms with van der Waals surface area (Å²) in [5.74, 6) is 0.201. The molecule has 3 nitrogen and oxygen atoms in total. The summed E-state index contributed by atoms with van der Waals surface area (Å²) in [7, 11) is 0. The van der Waals surface area contributed by atoms with E-state index in [4.69, 9.17) is 18.0 Å². The van der Waals surface area contributed by atoms with Gasteiger partial charge >= 0.3 is 0 Å². The minimum atomic E-state index is -0.359. The predicted molar refractivity (Wildman–Crippen MR) is 85.3 cm³/mol. The number of amides is 1. The number of hydrogen-bond donors (Lipinski definition) is 2. The second kappa shape index (κ2) is 7.39. The fraction of sp³-hybridized carbons (Fsp3) is 0.500. The molecule has 2 rings (SSSR count). The maximum Gasteiger partial charge on any atom is 0.223 e. The molecule has 1 unspecified atom stereocenters. The van der Waals surface area contributed by atoms with Crippen LogP contribution >= 0.6 is 12.2 Å². The van der Waals surface area contributed by atoms with Gasteiger partial charge in [-0.25, -0.2) is 0 Å². The molecule has 1 amide bonds. The van der Waals surface area contributed by atoms with Crippen molar-refractivity contribution < 1.29 is 4.79 Å².